The molecule has 0 aromatic heterocycles. The molecule has 10 saturated heterocycles. The van der Waals surface area contributed by atoms with Crippen molar-refractivity contribution in [2.75, 3.05) is 0 Å². The summed E-state index contributed by atoms with van der Waals surface area (Å²) in [5.41, 5.74) is 22.4. The van der Waals surface area contributed by atoms with Gasteiger partial charge >= 0.3 is 516 Å². The van der Waals surface area contributed by atoms with E-state index in [-0.39, 0.29) is 0 Å². The number of hydrogen-bond acceptors (Lipinski definition) is 0. The third-order valence-electron chi connectivity index (χ3n) is 37.4. The van der Waals surface area contributed by atoms with Crippen molar-refractivity contribution >= 4 is 37.1 Å². The van der Waals surface area contributed by atoms with Gasteiger partial charge in [-0.05, 0) is 0 Å². The van der Waals surface area contributed by atoms with Gasteiger partial charge in [-0.3, -0.25) is 0 Å². The maximum atomic E-state index is 3.03. The van der Waals surface area contributed by atoms with E-state index in [4.69, 9.17) is 0 Å². The Morgan fingerprint density at radius 3 is 0.612 bits per heavy atom. The molecule has 0 bridgehead atoms. The quantitative estimate of drug-likeness (QED) is 0.0306. The SMILES string of the molecule is CCCCc1ccc(P(c2ccc(CCCC)c(CCCC)c2CCCC)[C]23[CH]4[CH]5[CH]6[C]2(P(c2ccc(CCCC)c(CCCC)c2CCCC)c2ccc(CCCC)c(CCCC)c2CCCC)[Ti]54632789[CH]3[CH]2[CH]7[CH]8[CH]39)c(CCCC)c1CCCC. The molecule has 10 aliphatic rings. The van der Waals surface area contributed by atoms with E-state index in [1.54, 1.807) is 22.3 Å². The summed E-state index contributed by atoms with van der Waals surface area (Å²) < 4.78 is 11.2. The Morgan fingerprint density at radius 2 is 0.435 bits per heavy atom. The van der Waals surface area contributed by atoms with Crippen LogP contribution >= 0.6 is 15.8 Å². The van der Waals surface area contributed by atoms with Gasteiger partial charge in [-0.15, -0.1) is 0 Å². The molecule has 14 rings (SSSR count). The van der Waals surface area contributed by atoms with Gasteiger partial charge in [-0.2, -0.15) is 0 Å². The third kappa shape index (κ3) is 3.91. The molecule has 4 unspecified atom stereocenters. The van der Waals surface area contributed by atoms with Crippen molar-refractivity contribution in [1.29, 1.82) is 0 Å². The summed E-state index contributed by atoms with van der Waals surface area (Å²) in [6, 6.07) is 23.6. The summed E-state index contributed by atoms with van der Waals surface area (Å²) >= 11 is 0. The van der Waals surface area contributed by atoms with Crippen molar-refractivity contribution in [3.8, 4) is 0 Å². The number of benzene rings is 4. The third-order valence-corrected chi connectivity index (χ3v) is 116. The van der Waals surface area contributed by atoms with Crippen LogP contribution < -0.4 is 21.2 Å². The second-order valence-electron chi connectivity index (χ2n) is 35.5. The van der Waals surface area contributed by atoms with Crippen LogP contribution in [0.3, 0.4) is 0 Å². The first-order chi connectivity index (χ1) is 41.5. The fourth-order valence-electron chi connectivity index (χ4n) is 37.8. The van der Waals surface area contributed by atoms with Crippen molar-refractivity contribution in [1.82, 2.24) is 0 Å². The second-order valence-corrected chi connectivity index (χ2v) is 74.3. The van der Waals surface area contributed by atoms with Gasteiger partial charge in [0.2, 0.25) is 0 Å². The Bertz CT molecular complexity index is 3100. The zero-order valence-electron chi connectivity index (χ0n) is 57.1. The number of rotatable bonds is 42. The summed E-state index contributed by atoms with van der Waals surface area (Å²) in [6.07, 6.45) is 47.3. The van der Waals surface area contributed by atoms with Crippen LogP contribution in [0, 0.1) is 0 Å². The molecule has 0 amide bonds. The molecule has 466 valence electrons. The van der Waals surface area contributed by atoms with Crippen LogP contribution in [-0.2, 0) is 85.9 Å². The zero-order chi connectivity index (χ0) is 59.4. The predicted molar refractivity (Wildman–Crippen MR) is 377 cm³/mol. The molecule has 0 saturated carbocycles. The van der Waals surface area contributed by atoms with Crippen LogP contribution in [0.1, 0.15) is 304 Å². The molecule has 85 heavy (non-hydrogen) atoms. The first-order valence-electron chi connectivity index (χ1n) is 38.7. The summed E-state index contributed by atoms with van der Waals surface area (Å²) in [5, 5.41) is 8.11. The van der Waals surface area contributed by atoms with Crippen molar-refractivity contribution < 1.29 is 8.89 Å². The van der Waals surface area contributed by atoms with Crippen LogP contribution in [0.4, 0.5) is 0 Å². The monoisotopic (exact) mass is 1220 g/mol. The van der Waals surface area contributed by atoms with E-state index < -0.39 is 24.7 Å². The maximum absolute atomic E-state index is 5.16. The van der Waals surface area contributed by atoms with E-state index in [9.17, 15) is 0 Å². The van der Waals surface area contributed by atoms with E-state index in [0.717, 1.165) is 0 Å². The van der Waals surface area contributed by atoms with E-state index in [2.05, 4.69) is 132 Å². The van der Waals surface area contributed by atoms with E-state index >= 15 is 0 Å². The van der Waals surface area contributed by atoms with E-state index in [0.29, 0.717) is 6.92 Å². The molecular formula is C82H124P2Ti. The van der Waals surface area contributed by atoms with Crippen molar-refractivity contribution in [2.24, 2.45) is 0 Å². The van der Waals surface area contributed by atoms with Gasteiger partial charge < -0.3 is 0 Å². The van der Waals surface area contributed by atoms with Crippen LogP contribution in [0.5, 0.6) is 0 Å². The summed E-state index contributed by atoms with van der Waals surface area (Å²) in [7, 11) is -6.35. The molecule has 0 aliphatic carbocycles. The van der Waals surface area contributed by atoms with E-state index in [1.165, 1.54) is 265 Å². The molecule has 0 N–H and O–H groups in total. The Morgan fingerprint density at radius 1 is 0.247 bits per heavy atom. The summed E-state index contributed by atoms with van der Waals surface area (Å²) in [4.78, 5) is 0. The van der Waals surface area contributed by atoms with Crippen LogP contribution in [0.25, 0.3) is 0 Å². The standard InChI is InChI=1S/C77H119P2.C5H5.Ti/c1-13-25-38-60-52-56-72(68(46-33-21-9)64(60)42-29-17-5)78(73-57-53-61(39-26-14-2)65(43-30-18-6)69(73)47-34-22-10)76-50-37-51-77(76)79(74-58-54-62(40-27-15-3)66(44-31-19-7)70(74)48-35-23-11)75-59-55-63(41-28-16-4)67(45-32-20-8)71(75)49-36-24-12;1-2-4-5-3-1;/h37,50-59H,13-36,38-49H2,1-12H3;1-5H;. The molecular weight excluding hydrogens is 1090 g/mol. The second kappa shape index (κ2) is 17.4. The molecule has 0 radical (unpaired) electrons. The number of unbranched alkanes of at least 4 members (excludes halogenated alkanes) is 12. The fraction of sp³-hybridized carbons (Fsp3) is 0.707. The number of hydrogen-bond donors (Lipinski definition) is 0. The van der Waals surface area contributed by atoms with Gasteiger partial charge in [-0.25, -0.2) is 0 Å². The van der Waals surface area contributed by atoms with Crippen molar-refractivity contribution in [3.05, 3.63) is 115 Å². The van der Waals surface area contributed by atoms with Crippen LogP contribution in [0.15, 0.2) is 48.5 Å². The number of aryl methyl sites for hydroxylation is 4. The molecule has 10 heterocycles. The molecule has 4 atom stereocenters. The molecule has 1 spiro atoms. The van der Waals surface area contributed by atoms with E-state index in [1.807, 2.05) is 65.7 Å². The van der Waals surface area contributed by atoms with Crippen molar-refractivity contribution in [3.63, 3.8) is 0 Å². The fourth-order valence-corrected chi connectivity index (χ4v) is 202. The van der Waals surface area contributed by atoms with Gasteiger partial charge in [0.1, 0.15) is 0 Å². The normalized spacial score (nSPS) is 34.4. The zero-order valence-corrected chi connectivity index (χ0v) is 60.4. The summed E-state index contributed by atoms with van der Waals surface area (Å²) in [5.74, 6) is 0. The minimum absolute atomic E-state index is 0.594. The molecule has 4 aromatic rings. The molecule has 0 nitrogen and oxygen atoms in total. The topological polar surface area (TPSA) is 0 Å². The van der Waals surface area contributed by atoms with Crippen LogP contribution in [-0.4, -0.2) is 6.92 Å². The van der Waals surface area contributed by atoms with Gasteiger partial charge in [-0.1, -0.05) is 0 Å². The van der Waals surface area contributed by atoms with Crippen LogP contribution in [0.2, 0.25) is 33.8 Å². The summed E-state index contributed by atoms with van der Waals surface area (Å²) in [6.45, 7) is 29.9. The average Bonchev–Trinajstić information content (AvgIpc) is 1.03. The van der Waals surface area contributed by atoms with Gasteiger partial charge in [0.25, 0.3) is 0 Å². The molecule has 10 aliphatic heterocycles. The number of fused-ring (bicyclic) bond motifs is 10. The van der Waals surface area contributed by atoms with Gasteiger partial charge in [0, 0.05) is 0 Å². The predicted octanol–water partition coefficient (Wildman–Crippen LogP) is 23.6. The van der Waals surface area contributed by atoms with Gasteiger partial charge in [0.15, 0.2) is 0 Å². The molecule has 10 fully saturated rings. The Hall–Kier alpha value is -1.55. The first kappa shape index (κ1) is 61.0. The molecule has 4 aromatic carbocycles. The average molecular weight is 1220 g/mol. The van der Waals surface area contributed by atoms with Crippen molar-refractivity contribution in [2.45, 2.75) is 355 Å². The Kier molecular flexibility index (Phi) is 12.5. The van der Waals surface area contributed by atoms with Gasteiger partial charge in [0.05, 0.1) is 0 Å². The Balaban J connectivity index is 1.12. The Labute approximate surface area is 512 Å². The first-order valence-corrected chi connectivity index (χ1v) is 50.1. The minimum atomic E-state index is -5.16. The molecule has 3 heteroatoms.